The van der Waals surface area contributed by atoms with Crippen molar-refractivity contribution >= 4 is 29.0 Å². The first-order chi connectivity index (χ1) is 4.57. The van der Waals surface area contributed by atoms with Gasteiger partial charge in [0.1, 0.15) is 11.4 Å². The van der Waals surface area contributed by atoms with Crippen molar-refractivity contribution in [2.45, 2.75) is 32.4 Å². The predicted molar refractivity (Wildman–Crippen MR) is 50.0 cm³/mol. The minimum absolute atomic E-state index is 0.408. The molecule has 0 radical (unpaired) electrons. The predicted octanol–water partition coefficient (Wildman–Crippen LogP) is 4.05. The van der Waals surface area contributed by atoms with Gasteiger partial charge in [-0.25, -0.2) is 0 Å². The van der Waals surface area contributed by atoms with Crippen LogP contribution in [0.5, 0.6) is 0 Å². The van der Waals surface area contributed by atoms with E-state index in [2.05, 4.69) is 20.8 Å². The Kier molecular flexibility index (Phi) is 5.80. The summed E-state index contributed by atoms with van der Waals surface area (Å²) in [5.74, 6) is 0.600. The highest BCUT2D eigenvalue weighted by Gasteiger charge is 2.23. The number of hydrogen-bond donors (Lipinski definition) is 0. The van der Waals surface area contributed by atoms with Crippen molar-refractivity contribution in [2.24, 2.45) is 5.92 Å². The monoisotopic (exact) mass is 199 g/mol. The molecule has 0 aliphatic carbocycles. The first kappa shape index (κ1) is 10.7. The summed E-state index contributed by atoms with van der Waals surface area (Å²) in [6.07, 6.45) is -0.420. The third-order valence-electron chi connectivity index (χ3n) is 1.69. The Bertz CT molecular complexity index is 120. The highest BCUT2D eigenvalue weighted by molar-refractivity contribution is 8.58. The van der Waals surface area contributed by atoms with Gasteiger partial charge >= 0.3 is 6.36 Å². The van der Waals surface area contributed by atoms with Crippen molar-refractivity contribution < 1.29 is 4.57 Å². The van der Waals surface area contributed by atoms with Crippen LogP contribution in [0.25, 0.3) is 0 Å². The van der Waals surface area contributed by atoms with Crippen LogP contribution in [0.15, 0.2) is 0 Å². The minimum atomic E-state index is -1.54. The average Bonchev–Trinajstić information content (AvgIpc) is 1.85. The normalized spacial score (nSPS) is 18.2. The van der Waals surface area contributed by atoms with Gasteiger partial charge in [0.25, 0.3) is 0 Å². The van der Waals surface area contributed by atoms with Gasteiger partial charge in [-0.1, -0.05) is 20.3 Å². The van der Waals surface area contributed by atoms with Crippen LogP contribution in [-0.2, 0) is 4.57 Å². The quantitative estimate of drug-likeness (QED) is 0.636. The van der Waals surface area contributed by atoms with Gasteiger partial charge in [0.15, 0.2) is 0 Å². The summed E-state index contributed by atoms with van der Waals surface area (Å²) in [4.78, 5) is 0. The van der Waals surface area contributed by atoms with E-state index in [0.717, 1.165) is 6.42 Å². The Balaban J connectivity index is 3.61. The van der Waals surface area contributed by atoms with E-state index in [1.807, 2.05) is 0 Å². The maximum atomic E-state index is 10.6. The third-order valence-corrected chi connectivity index (χ3v) is 4.87. The van der Waals surface area contributed by atoms with Crippen LogP contribution in [-0.4, -0.2) is 5.25 Å². The van der Waals surface area contributed by atoms with E-state index in [1.54, 1.807) is 0 Å². The standard InChI is InChI=1S/C6H13ClOPS/c1-4-5(2)6(3)10-9(7)8/h5-6H,4H2,1-3H3/q+1. The van der Waals surface area contributed by atoms with E-state index < -0.39 is 6.36 Å². The lowest BCUT2D eigenvalue weighted by molar-refractivity contribution is 0.558. The zero-order chi connectivity index (χ0) is 8.15. The molecule has 1 nitrogen and oxygen atoms in total. The van der Waals surface area contributed by atoms with Gasteiger partial charge in [0.2, 0.25) is 11.2 Å². The fraction of sp³-hybridized carbons (Fsp3) is 1.00. The smallest absolute Gasteiger partial charge is 0.0651 e. The molecule has 0 aromatic rings. The van der Waals surface area contributed by atoms with Crippen LogP contribution < -0.4 is 0 Å². The van der Waals surface area contributed by atoms with Crippen LogP contribution in [0.3, 0.4) is 0 Å². The summed E-state index contributed by atoms with van der Waals surface area (Å²) in [7, 11) is 0. The molecule has 0 fully saturated rings. The van der Waals surface area contributed by atoms with E-state index in [1.165, 1.54) is 11.4 Å². The van der Waals surface area contributed by atoms with E-state index >= 15 is 0 Å². The third kappa shape index (κ3) is 4.54. The molecule has 0 rings (SSSR count). The van der Waals surface area contributed by atoms with Crippen LogP contribution in [0.4, 0.5) is 0 Å². The van der Waals surface area contributed by atoms with Crippen molar-refractivity contribution in [3.8, 4) is 0 Å². The topological polar surface area (TPSA) is 17.1 Å². The van der Waals surface area contributed by atoms with E-state index in [0.29, 0.717) is 11.2 Å². The second-order valence-corrected chi connectivity index (χ2v) is 6.94. The molecule has 0 aromatic heterocycles. The van der Waals surface area contributed by atoms with E-state index in [9.17, 15) is 4.57 Å². The van der Waals surface area contributed by atoms with Gasteiger partial charge in [-0.05, 0) is 17.4 Å². The van der Waals surface area contributed by atoms with Crippen molar-refractivity contribution in [3.63, 3.8) is 0 Å². The molecule has 0 N–H and O–H groups in total. The second kappa shape index (κ2) is 5.40. The van der Waals surface area contributed by atoms with E-state index in [4.69, 9.17) is 11.2 Å². The molecule has 3 atom stereocenters. The van der Waals surface area contributed by atoms with Gasteiger partial charge in [-0.2, -0.15) is 0 Å². The Hall–Kier alpha value is 0.740. The molecule has 0 amide bonds. The van der Waals surface area contributed by atoms with Gasteiger partial charge in [-0.3, -0.25) is 0 Å². The van der Waals surface area contributed by atoms with Crippen LogP contribution >= 0.6 is 29.0 Å². The fourth-order valence-electron chi connectivity index (χ4n) is 0.567. The Morgan fingerprint density at radius 2 is 2.10 bits per heavy atom. The molecule has 0 aliphatic rings. The summed E-state index contributed by atoms with van der Waals surface area (Å²) >= 11 is 6.71. The Morgan fingerprint density at radius 3 is 2.40 bits per heavy atom. The fourth-order valence-corrected chi connectivity index (χ4v) is 3.77. The van der Waals surface area contributed by atoms with Crippen molar-refractivity contribution in [1.29, 1.82) is 0 Å². The summed E-state index contributed by atoms with van der Waals surface area (Å²) in [6, 6.07) is 0. The molecule has 0 aromatic carbocycles. The molecule has 60 valence electrons. The number of rotatable bonds is 4. The first-order valence-electron chi connectivity index (χ1n) is 3.37. The van der Waals surface area contributed by atoms with Gasteiger partial charge in [0.05, 0.1) is 5.25 Å². The van der Waals surface area contributed by atoms with Crippen LogP contribution in [0, 0.1) is 5.92 Å². The lowest BCUT2D eigenvalue weighted by Crippen LogP contribution is -2.06. The second-order valence-electron chi connectivity index (χ2n) is 2.41. The summed E-state index contributed by atoms with van der Waals surface area (Å²) in [5, 5.41) is 0.408. The molecule has 0 saturated heterocycles. The van der Waals surface area contributed by atoms with Crippen molar-refractivity contribution in [1.82, 2.24) is 0 Å². The average molecular weight is 200 g/mol. The van der Waals surface area contributed by atoms with Crippen LogP contribution in [0.2, 0.25) is 0 Å². The number of halogens is 1. The molecule has 0 saturated carbocycles. The molecule has 0 aliphatic heterocycles. The highest BCUT2D eigenvalue weighted by Crippen LogP contribution is 2.47. The summed E-state index contributed by atoms with van der Waals surface area (Å²) in [5.41, 5.74) is 0. The molecular formula is C6H13ClOPS+. The molecular weight excluding hydrogens is 187 g/mol. The van der Waals surface area contributed by atoms with Crippen molar-refractivity contribution in [3.05, 3.63) is 0 Å². The van der Waals surface area contributed by atoms with E-state index in [-0.39, 0.29) is 0 Å². The maximum absolute atomic E-state index is 10.6. The summed E-state index contributed by atoms with van der Waals surface area (Å²) < 4.78 is 10.6. The zero-order valence-electron chi connectivity index (χ0n) is 6.50. The largest absolute Gasteiger partial charge is 0.529 e. The van der Waals surface area contributed by atoms with Crippen molar-refractivity contribution in [2.75, 3.05) is 0 Å². The van der Waals surface area contributed by atoms with Gasteiger partial charge in [-0.15, -0.1) is 0 Å². The zero-order valence-corrected chi connectivity index (χ0v) is 8.97. The Labute approximate surface area is 72.2 Å². The molecule has 10 heavy (non-hydrogen) atoms. The highest BCUT2D eigenvalue weighted by atomic mass is 35.7. The molecule has 0 spiro atoms. The maximum Gasteiger partial charge on any atom is 0.529 e. The molecule has 0 heterocycles. The lowest BCUT2D eigenvalue weighted by atomic mass is 10.1. The molecule has 4 heteroatoms. The SMILES string of the molecule is CCC(C)C(C)S[P+](=O)Cl. The molecule has 0 bridgehead atoms. The molecule has 3 unspecified atom stereocenters. The Morgan fingerprint density at radius 1 is 1.60 bits per heavy atom. The minimum Gasteiger partial charge on any atom is -0.0651 e. The number of hydrogen-bond acceptors (Lipinski definition) is 2. The summed E-state index contributed by atoms with van der Waals surface area (Å²) in [6.45, 7) is 6.34. The lowest BCUT2D eigenvalue weighted by Gasteiger charge is -2.09. The van der Waals surface area contributed by atoms with Gasteiger partial charge in [0, 0.05) is 0 Å². The van der Waals surface area contributed by atoms with Gasteiger partial charge < -0.3 is 0 Å². The van der Waals surface area contributed by atoms with Crippen LogP contribution in [0.1, 0.15) is 27.2 Å². The first-order valence-corrected chi connectivity index (χ1v) is 7.02.